The lowest BCUT2D eigenvalue weighted by Gasteiger charge is -2.02. The average Bonchev–Trinajstić information content (AvgIpc) is 3.04. The van der Waals surface area contributed by atoms with Gasteiger partial charge < -0.3 is 10.7 Å². The van der Waals surface area contributed by atoms with Gasteiger partial charge >= 0.3 is 0 Å². The fourth-order valence-corrected chi connectivity index (χ4v) is 2.74. The number of aromatic nitrogens is 2. The quantitative estimate of drug-likeness (QED) is 0.772. The van der Waals surface area contributed by atoms with Crippen molar-refractivity contribution in [2.24, 2.45) is 5.73 Å². The van der Waals surface area contributed by atoms with Crippen molar-refractivity contribution in [3.05, 3.63) is 59.5 Å². The van der Waals surface area contributed by atoms with E-state index in [1.807, 2.05) is 49.6 Å². The molecule has 0 fully saturated rings. The molecule has 0 bridgehead atoms. The number of fused-ring (bicyclic) bond motifs is 1. The minimum atomic E-state index is 0.0773. The van der Waals surface area contributed by atoms with E-state index in [0.717, 1.165) is 34.1 Å². The molecular weight excluding hydrogens is 262 g/mol. The van der Waals surface area contributed by atoms with Crippen molar-refractivity contribution in [2.45, 2.75) is 19.8 Å². The number of rotatable bonds is 4. The van der Waals surface area contributed by atoms with Gasteiger partial charge in [-0.2, -0.15) is 0 Å². The van der Waals surface area contributed by atoms with Gasteiger partial charge in [0.15, 0.2) is 0 Å². The molecule has 0 aliphatic heterocycles. The molecule has 0 atom stereocenters. The number of hydrogen-bond acceptors (Lipinski definition) is 2. The first kappa shape index (κ1) is 13.6. The first-order chi connectivity index (χ1) is 10.2. The normalized spacial score (nSPS) is 11.1. The largest absolute Gasteiger partial charge is 0.365 e. The van der Waals surface area contributed by atoms with E-state index >= 15 is 0 Å². The van der Waals surface area contributed by atoms with Crippen LogP contribution in [0.4, 0.5) is 0 Å². The summed E-state index contributed by atoms with van der Waals surface area (Å²) in [4.78, 5) is 15.7. The number of hydrogen-bond donors (Lipinski definition) is 2. The molecule has 3 rings (SSSR count). The number of carbonyl (C=O) groups excluding carboxylic acids is 1. The highest BCUT2D eigenvalue weighted by Gasteiger charge is 2.13. The van der Waals surface area contributed by atoms with Crippen LogP contribution in [0, 0.1) is 6.92 Å². The van der Waals surface area contributed by atoms with Gasteiger partial charge in [-0.3, -0.25) is 9.36 Å². The molecule has 0 unspecified atom stereocenters. The van der Waals surface area contributed by atoms with Gasteiger partial charge in [-0.25, -0.2) is 0 Å². The number of nitrogens with two attached hydrogens (primary N) is 1. The third-order valence-electron chi connectivity index (χ3n) is 3.72. The summed E-state index contributed by atoms with van der Waals surface area (Å²) in [5.74, 6) is 0.0773. The topological polar surface area (TPSA) is 63.8 Å². The maximum absolute atomic E-state index is 12.6. The van der Waals surface area contributed by atoms with Crippen molar-refractivity contribution >= 4 is 16.8 Å². The predicted octanol–water partition coefficient (Wildman–Crippen LogP) is 2.66. The number of nitrogens with zero attached hydrogens (tertiary/aromatic N) is 1. The lowest BCUT2D eigenvalue weighted by Crippen LogP contribution is -2.12. The fraction of sp³-hybridized carbons (Fsp3) is 0.235. The van der Waals surface area contributed by atoms with Crippen molar-refractivity contribution in [3.8, 4) is 0 Å². The van der Waals surface area contributed by atoms with Crippen molar-refractivity contribution in [1.29, 1.82) is 0 Å². The minimum absolute atomic E-state index is 0.0773. The summed E-state index contributed by atoms with van der Waals surface area (Å²) >= 11 is 0. The summed E-state index contributed by atoms with van der Waals surface area (Å²) in [6.45, 7) is 2.57. The maximum atomic E-state index is 12.6. The number of nitrogens with one attached hydrogen (secondary N) is 1. The van der Waals surface area contributed by atoms with Crippen LogP contribution in [-0.2, 0) is 12.8 Å². The highest BCUT2D eigenvalue weighted by atomic mass is 16.2. The molecule has 0 saturated carbocycles. The van der Waals surface area contributed by atoms with Crippen molar-refractivity contribution in [2.75, 3.05) is 6.54 Å². The van der Waals surface area contributed by atoms with Crippen LogP contribution < -0.4 is 5.73 Å². The molecule has 108 valence electrons. The van der Waals surface area contributed by atoms with Crippen LogP contribution >= 0.6 is 0 Å². The molecule has 2 aromatic heterocycles. The van der Waals surface area contributed by atoms with E-state index in [0.29, 0.717) is 13.0 Å². The second kappa shape index (κ2) is 5.58. The number of aromatic amines is 1. The number of para-hydroxylation sites is 1. The Kier molecular flexibility index (Phi) is 3.62. The molecule has 1 aromatic carbocycles. The van der Waals surface area contributed by atoms with Crippen LogP contribution in [-0.4, -0.2) is 22.0 Å². The number of carbonyl (C=O) groups is 1. The first-order valence-electron chi connectivity index (χ1n) is 7.15. The molecule has 21 heavy (non-hydrogen) atoms. The monoisotopic (exact) mass is 281 g/mol. The second-order valence-corrected chi connectivity index (χ2v) is 5.34. The Bertz CT molecular complexity index is 782. The molecule has 2 heterocycles. The van der Waals surface area contributed by atoms with Crippen LogP contribution in [0.2, 0.25) is 0 Å². The summed E-state index contributed by atoms with van der Waals surface area (Å²) < 4.78 is 1.75. The lowest BCUT2D eigenvalue weighted by atomic mass is 10.1. The molecule has 0 aliphatic carbocycles. The van der Waals surface area contributed by atoms with Crippen LogP contribution in [0.3, 0.4) is 0 Å². The molecule has 3 aromatic rings. The Morgan fingerprint density at radius 2 is 2.14 bits per heavy atom. The van der Waals surface area contributed by atoms with E-state index in [1.165, 1.54) is 0 Å². The Labute approximate surface area is 123 Å². The highest BCUT2D eigenvalue weighted by Crippen LogP contribution is 2.22. The van der Waals surface area contributed by atoms with Gasteiger partial charge in [-0.15, -0.1) is 0 Å². The summed E-state index contributed by atoms with van der Waals surface area (Å²) in [6.07, 6.45) is 4.99. The van der Waals surface area contributed by atoms with Gasteiger partial charge in [-0.1, -0.05) is 18.2 Å². The van der Waals surface area contributed by atoms with E-state index in [4.69, 9.17) is 5.73 Å². The zero-order valence-electron chi connectivity index (χ0n) is 12.1. The van der Waals surface area contributed by atoms with E-state index in [1.54, 1.807) is 4.57 Å². The van der Waals surface area contributed by atoms with Crippen LogP contribution in [0.25, 0.3) is 10.9 Å². The molecule has 0 radical (unpaired) electrons. The van der Waals surface area contributed by atoms with E-state index in [9.17, 15) is 4.79 Å². The molecular formula is C17H19N3O. The van der Waals surface area contributed by atoms with E-state index < -0.39 is 0 Å². The Morgan fingerprint density at radius 1 is 1.33 bits per heavy atom. The summed E-state index contributed by atoms with van der Waals surface area (Å²) in [5, 5.41) is 1.11. The van der Waals surface area contributed by atoms with E-state index in [2.05, 4.69) is 4.98 Å². The molecule has 0 spiro atoms. The highest BCUT2D eigenvalue weighted by molar-refractivity contribution is 5.95. The van der Waals surface area contributed by atoms with Gasteiger partial charge in [0.25, 0.3) is 0 Å². The van der Waals surface area contributed by atoms with Crippen LogP contribution in [0.1, 0.15) is 21.6 Å². The summed E-state index contributed by atoms with van der Waals surface area (Å²) in [5.41, 5.74) is 9.83. The van der Waals surface area contributed by atoms with Gasteiger partial charge in [0.1, 0.15) is 0 Å². The number of aryl methyl sites for hydroxylation is 1. The molecule has 3 N–H and O–H groups in total. The fourth-order valence-electron chi connectivity index (χ4n) is 2.74. The Morgan fingerprint density at radius 3 is 2.86 bits per heavy atom. The van der Waals surface area contributed by atoms with Crippen molar-refractivity contribution in [3.63, 3.8) is 0 Å². The van der Waals surface area contributed by atoms with Gasteiger partial charge in [0, 0.05) is 23.5 Å². The van der Waals surface area contributed by atoms with Crippen molar-refractivity contribution < 1.29 is 4.79 Å². The van der Waals surface area contributed by atoms with Gasteiger partial charge in [-0.05, 0) is 43.1 Å². The molecule has 0 aliphatic rings. The van der Waals surface area contributed by atoms with Crippen molar-refractivity contribution in [1.82, 2.24) is 9.55 Å². The van der Waals surface area contributed by atoms with E-state index in [-0.39, 0.29) is 5.91 Å². The van der Waals surface area contributed by atoms with Gasteiger partial charge in [0.2, 0.25) is 5.91 Å². The lowest BCUT2D eigenvalue weighted by molar-refractivity contribution is 0.0919. The third kappa shape index (κ3) is 2.62. The van der Waals surface area contributed by atoms with Crippen LogP contribution in [0.15, 0.2) is 42.7 Å². The maximum Gasteiger partial charge on any atom is 0.235 e. The Hall–Kier alpha value is -2.33. The smallest absolute Gasteiger partial charge is 0.235 e. The standard InChI is InChI=1S/C17H19N3O/c1-12-8-13(10-19-12)9-17(21)20-11-14(6-7-18)15-4-2-3-5-16(15)20/h2-5,8,10-11,19H,6-7,9,18H2,1H3. The molecule has 4 nitrogen and oxygen atoms in total. The molecule has 0 amide bonds. The first-order valence-corrected chi connectivity index (χ1v) is 7.15. The zero-order valence-corrected chi connectivity index (χ0v) is 12.1. The predicted molar refractivity (Wildman–Crippen MR) is 84.6 cm³/mol. The SMILES string of the molecule is Cc1cc(CC(=O)n2cc(CCN)c3ccccc32)c[nH]1. The summed E-state index contributed by atoms with van der Waals surface area (Å²) in [6, 6.07) is 9.98. The minimum Gasteiger partial charge on any atom is -0.365 e. The molecule has 0 saturated heterocycles. The third-order valence-corrected chi connectivity index (χ3v) is 3.72. The average molecular weight is 281 g/mol. The summed E-state index contributed by atoms with van der Waals surface area (Å²) in [7, 11) is 0. The zero-order chi connectivity index (χ0) is 14.8. The van der Waals surface area contributed by atoms with Gasteiger partial charge in [0.05, 0.1) is 11.9 Å². The van der Waals surface area contributed by atoms with Crippen LogP contribution in [0.5, 0.6) is 0 Å². The number of H-pyrrole nitrogens is 1. The number of benzene rings is 1. The Balaban J connectivity index is 1.97. The second-order valence-electron chi connectivity index (χ2n) is 5.34. The molecule has 4 heteroatoms.